The third kappa shape index (κ3) is 5.04. The third-order valence-corrected chi connectivity index (χ3v) is 9.54. The van der Waals surface area contributed by atoms with Crippen LogP contribution in [0.5, 0.6) is 0 Å². The molecule has 0 aromatic heterocycles. The highest BCUT2D eigenvalue weighted by molar-refractivity contribution is 5.88. The molecule has 3 aromatic rings. The molecule has 3 unspecified atom stereocenters. The number of ether oxygens (including phenoxy) is 2. The summed E-state index contributed by atoms with van der Waals surface area (Å²) in [5, 5.41) is 15.5. The largest absolute Gasteiger partial charge is 0.481 e. The fraction of sp³-hybridized carbons (Fsp3) is 0.382. The van der Waals surface area contributed by atoms with Crippen molar-refractivity contribution in [1.82, 2.24) is 10.6 Å². The van der Waals surface area contributed by atoms with E-state index in [-0.39, 0.29) is 31.1 Å². The Labute approximate surface area is 245 Å². The first-order chi connectivity index (χ1) is 20.3. The summed E-state index contributed by atoms with van der Waals surface area (Å²) >= 11 is 0. The number of nitrogens with one attached hydrogen (secondary N) is 2. The van der Waals surface area contributed by atoms with E-state index in [9.17, 15) is 19.5 Å². The third-order valence-electron chi connectivity index (χ3n) is 9.54. The van der Waals surface area contributed by atoms with Crippen LogP contribution in [-0.4, -0.2) is 48.4 Å². The molecular formula is C34H36N2O6. The summed E-state index contributed by atoms with van der Waals surface area (Å²) < 4.78 is 11.7. The van der Waals surface area contributed by atoms with Gasteiger partial charge >= 0.3 is 12.1 Å². The van der Waals surface area contributed by atoms with E-state index < -0.39 is 35.5 Å². The monoisotopic (exact) mass is 568 g/mol. The minimum absolute atomic E-state index is 0.0233. The number of amides is 2. The molecule has 3 aliphatic rings. The summed E-state index contributed by atoms with van der Waals surface area (Å²) in [6.07, 6.45) is 1.88. The highest BCUT2D eigenvalue weighted by Crippen LogP contribution is 2.73. The minimum Gasteiger partial charge on any atom is -0.481 e. The van der Waals surface area contributed by atoms with Crippen molar-refractivity contribution in [3.63, 3.8) is 0 Å². The van der Waals surface area contributed by atoms with Gasteiger partial charge in [-0.2, -0.15) is 0 Å². The number of carbonyl (C=O) groups excluding carboxylic acids is 2. The van der Waals surface area contributed by atoms with Crippen molar-refractivity contribution in [3.8, 4) is 11.1 Å². The molecule has 0 heterocycles. The Bertz CT molecular complexity index is 1440. The number of rotatable bonds is 11. The predicted octanol–water partition coefficient (Wildman–Crippen LogP) is 5.26. The zero-order chi connectivity index (χ0) is 29.3. The smallest absolute Gasteiger partial charge is 0.407 e. The fourth-order valence-corrected chi connectivity index (χ4v) is 6.83. The topological polar surface area (TPSA) is 114 Å². The first kappa shape index (κ1) is 28.0. The van der Waals surface area contributed by atoms with Gasteiger partial charge in [0.05, 0.1) is 18.1 Å². The lowest BCUT2D eigenvalue weighted by atomic mass is 9.75. The molecule has 42 heavy (non-hydrogen) atoms. The molecule has 0 radical (unpaired) electrons. The molecule has 3 aromatic carbocycles. The fourth-order valence-electron chi connectivity index (χ4n) is 6.83. The second kappa shape index (κ2) is 11.2. The van der Waals surface area contributed by atoms with Gasteiger partial charge in [-0.1, -0.05) is 85.3 Å². The lowest BCUT2D eigenvalue weighted by Gasteiger charge is -2.31. The van der Waals surface area contributed by atoms with E-state index >= 15 is 0 Å². The number of carboxylic acid groups (broad SMARTS) is 1. The molecule has 218 valence electrons. The number of hydrogen-bond donors (Lipinski definition) is 3. The molecule has 2 fully saturated rings. The van der Waals surface area contributed by atoms with Gasteiger partial charge in [0.2, 0.25) is 5.91 Å². The Kier molecular flexibility index (Phi) is 7.49. The molecule has 8 nitrogen and oxygen atoms in total. The molecule has 1 spiro atoms. The molecule has 2 saturated carbocycles. The van der Waals surface area contributed by atoms with Crippen molar-refractivity contribution in [2.45, 2.75) is 57.3 Å². The Hall–Kier alpha value is -4.17. The summed E-state index contributed by atoms with van der Waals surface area (Å²) in [7, 11) is 0. The molecule has 3 aliphatic carbocycles. The van der Waals surface area contributed by atoms with Crippen LogP contribution in [0.3, 0.4) is 0 Å². The molecule has 0 bridgehead atoms. The van der Waals surface area contributed by atoms with E-state index in [2.05, 4.69) is 22.8 Å². The Balaban J connectivity index is 1.13. The molecule has 0 aliphatic heterocycles. The minimum atomic E-state index is -1.08. The van der Waals surface area contributed by atoms with E-state index in [1.165, 1.54) is 0 Å². The van der Waals surface area contributed by atoms with Crippen LogP contribution in [0.4, 0.5) is 4.79 Å². The molecule has 0 saturated heterocycles. The maximum atomic E-state index is 13.5. The SMILES string of the molecule is CC(OCc1ccccc1)C(NC(=O)OCC1c2ccccc2-c2ccccc21)C(=O)NCC1(C(=O)O)CC12CCC2. The van der Waals surface area contributed by atoms with Crippen molar-refractivity contribution in [2.75, 3.05) is 13.2 Å². The van der Waals surface area contributed by atoms with Crippen LogP contribution in [-0.2, 0) is 25.7 Å². The van der Waals surface area contributed by atoms with Crippen molar-refractivity contribution < 1.29 is 29.0 Å². The number of aliphatic carboxylic acids is 1. The lowest BCUT2D eigenvalue weighted by molar-refractivity contribution is -0.146. The van der Waals surface area contributed by atoms with E-state index in [0.29, 0.717) is 6.42 Å². The number of alkyl carbamates (subject to hydrolysis) is 1. The van der Waals surface area contributed by atoms with E-state index in [1.807, 2.05) is 66.7 Å². The summed E-state index contributed by atoms with van der Waals surface area (Å²) in [5.74, 6) is -1.49. The summed E-state index contributed by atoms with van der Waals surface area (Å²) in [4.78, 5) is 38.8. The normalized spacial score (nSPS) is 20.9. The summed E-state index contributed by atoms with van der Waals surface area (Å²) in [5.41, 5.74) is 4.21. The van der Waals surface area contributed by atoms with Crippen LogP contribution in [0.1, 0.15) is 55.2 Å². The van der Waals surface area contributed by atoms with Crippen LogP contribution in [0.2, 0.25) is 0 Å². The zero-order valence-electron chi connectivity index (χ0n) is 23.7. The van der Waals surface area contributed by atoms with Gasteiger partial charge in [-0.3, -0.25) is 9.59 Å². The van der Waals surface area contributed by atoms with Crippen LogP contribution in [0, 0.1) is 10.8 Å². The number of benzene rings is 3. The van der Waals surface area contributed by atoms with Crippen LogP contribution in [0.15, 0.2) is 78.9 Å². The van der Waals surface area contributed by atoms with Gasteiger partial charge in [-0.15, -0.1) is 0 Å². The standard InChI is InChI=1S/C34H36N2O6/c1-22(41-18-23-10-3-2-4-11-23)29(30(37)35-21-34(31(38)39)20-33(34)16-9-17-33)36-32(40)42-19-28-26-14-7-5-12-24(26)25-13-6-8-15-27(25)28/h2-8,10-15,22,28-29H,9,16-21H2,1H3,(H,35,37)(H,36,40)(H,38,39). The Morgan fingerprint density at radius 3 is 2.12 bits per heavy atom. The van der Waals surface area contributed by atoms with Gasteiger partial charge in [0.1, 0.15) is 12.6 Å². The quantitative estimate of drug-likeness (QED) is 0.291. The molecule has 3 atom stereocenters. The van der Waals surface area contributed by atoms with Crippen molar-refractivity contribution >= 4 is 18.0 Å². The first-order valence-electron chi connectivity index (χ1n) is 14.6. The van der Waals surface area contributed by atoms with Crippen molar-refractivity contribution in [3.05, 3.63) is 95.6 Å². The van der Waals surface area contributed by atoms with Crippen LogP contribution >= 0.6 is 0 Å². The molecular weight excluding hydrogens is 532 g/mol. The van der Waals surface area contributed by atoms with Gasteiger partial charge < -0.3 is 25.2 Å². The first-order valence-corrected chi connectivity index (χ1v) is 14.6. The predicted molar refractivity (Wildman–Crippen MR) is 157 cm³/mol. The van der Waals surface area contributed by atoms with Gasteiger partial charge in [0.15, 0.2) is 0 Å². The van der Waals surface area contributed by atoms with E-state index in [0.717, 1.165) is 47.1 Å². The second-order valence-electron chi connectivity index (χ2n) is 11.9. The van der Waals surface area contributed by atoms with Gasteiger partial charge in [0, 0.05) is 12.5 Å². The number of carboxylic acids is 1. The number of hydrogen-bond acceptors (Lipinski definition) is 5. The van der Waals surface area contributed by atoms with Crippen molar-refractivity contribution in [2.24, 2.45) is 10.8 Å². The van der Waals surface area contributed by atoms with Gasteiger partial charge in [-0.25, -0.2) is 4.79 Å². The Morgan fingerprint density at radius 1 is 0.929 bits per heavy atom. The number of carbonyl (C=O) groups is 3. The highest BCUT2D eigenvalue weighted by Gasteiger charge is 2.73. The Morgan fingerprint density at radius 2 is 1.55 bits per heavy atom. The maximum absolute atomic E-state index is 13.5. The maximum Gasteiger partial charge on any atom is 0.407 e. The highest BCUT2D eigenvalue weighted by atomic mass is 16.5. The van der Waals surface area contributed by atoms with Crippen molar-refractivity contribution in [1.29, 1.82) is 0 Å². The second-order valence-corrected chi connectivity index (χ2v) is 11.9. The van der Waals surface area contributed by atoms with E-state index in [1.54, 1.807) is 6.92 Å². The molecule has 3 N–H and O–H groups in total. The average Bonchev–Trinajstić information content (AvgIpc) is 3.61. The van der Waals surface area contributed by atoms with E-state index in [4.69, 9.17) is 9.47 Å². The summed E-state index contributed by atoms with van der Waals surface area (Å²) in [6, 6.07) is 24.6. The zero-order valence-corrected chi connectivity index (χ0v) is 23.7. The van der Waals surface area contributed by atoms with Crippen LogP contribution in [0.25, 0.3) is 11.1 Å². The average molecular weight is 569 g/mol. The van der Waals surface area contributed by atoms with Gasteiger partial charge in [-0.05, 0) is 59.4 Å². The van der Waals surface area contributed by atoms with Gasteiger partial charge in [0.25, 0.3) is 0 Å². The lowest BCUT2D eigenvalue weighted by Crippen LogP contribution is -2.54. The molecule has 2 amide bonds. The summed E-state index contributed by atoms with van der Waals surface area (Å²) in [6.45, 7) is 2.10. The van der Waals surface area contributed by atoms with Crippen LogP contribution < -0.4 is 10.6 Å². The molecule has 6 rings (SSSR count). The molecule has 8 heteroatoms. The number of fused-ring (bicyclic) bond motifs is 3.